The van der Waals surface area contributed by atoms with Gasteiger partial charge < -0.3 is 16.1 Å². The molecule has 0 saturated carbocycles. The normalized spacial score (nSPS) is 11.6. The van der Waals surface area contributed by atoms with Crippen LogP contribution in [0.3, 0.4) is 0 Å². The molecule has 0 unspecified atom stereocenters. The van der Waals surface area contributed by atoms with E-state index in [-0.39, 0.29) is 18.0 Å². The van der Waals surface area contributed by atoms with Crippen molar-refractivity contribution in [2.24, 2.45) is 10.9 Å². The lowest BCUT2D eigenvalue weighted by Crippen LogP contribution is -2.17. The van der Waals surface area contributed by atoms with E-state index in [1.54, 1.807) is 23.0 Å². The molecule has 0 saturated heterocycles. The van der Waals surface area contributed by atoms with Crippen LogP contribution in [0.2, 0.25) is 0 Å². The fraction of sp³-hybridized carbons (Fsp3) is 0.167. The van der Waals surface area contributed by atoms with Crippen molar-refractivity contribution < 1.29 is 15.0 Å². The highest BCUT2D eigenvalue weighted by molar-refractivity contribution is 6.41. The molecule has 2 aromatic rings. The molecule has 0 aliphatic rings. The summed E-state index contributed by atoms with van der Waals surface area (Å²) in [5, 5.41) is 25.1. The molecule has 0 spiro atoms. The molecule has 8 nitrogen and oxygen atoms in total. The van der Waals surface area contributed by atoms with Gasteiger partial charge in [-0.15, -0.1) is 0 Å². The lowest BCUT2D eigenvalue weighted by molar-refractivity contribution is -0.129. The van der Waals surface area contributed by atoms with E-state index in [1.807, 2.05) is 0 Å². The molecular weight excluding hydrogens is 262 g/mol. The number of hydrazone groups is 1. The van der Waals surface area contributed by atoms with Gasteiger partial charge in [-0.2, -0.15) is 10.2 Å². The Hall–Kier alpha value is -2.74. The maximum Gasteiger partial charge on any atom is 0.358 e. The summed E-state index contributed by atoms with van der Waals surface area (Å²) >= 11 is 0. The fourth-order valence-corrected chi connectivity index (χ4v) is 1.66. The van der Waals surface area contributed by atoms with Crippen LogP contribution in [0.4, 0.5) is 0 Å². The van der Waals surface area contributed by atoms with Crippen molar-refractivity contribution in [3.63, 3.8) is 0 Å². The first kappa shape index (κ1) is 13.7. The molecule has 0 bridgehead atoms. The summed E-state index contributed by atoms with van der Waals surface area (Å²) in [6, 6.07) is 4.98. The average Bonchev–Trinajstić information content (AvgIpc) is 2.89. The van der Waals surface area contributed by atoms with Crippen LogP contribution in [-0.2, 0) is 11.3 Å². The summed E-state index contributed by atoms with van der Waals surface area (Å²) in [5.74, 6) is 3.78. The molecule has 2 aromatic heterocycles. The molecule has 0 atom stereocenters. The minimum Gasteiger partial charge on any atom is -0.476 e. The van der Waals surface area contributed by atoms with Gasteiger partial charge in [-0.1, -0.05) is 0 Å². The van der Waals surface area contributed by atoms with Gasteiger partial charge in [0.1, 0.15) is 0 Å². The number of nitrogens with two attached hydrogens (primary N) is 1. The second-order valence-corrected chi connectivity index (χ2v) is 3.90. The summed E-state index contributed by atoms with van der Waals surface area (Å²) in [5.41, 5.74) is 1.28. The summed E-state index contributed by atoms with van der Waals surface area (Å²) in [7, 11) is 0. The van der Waals surface area contributed by atoms with Crippen LogP contribution in [0, 0.1) is 0 Å². The van der Waals surface area contributed by atoms with Crippen LogP contribution in [0.15, 0.2) is 35.7 Å². The van der Waals surface area contributed by atoms with E-state index in [0.717, 1.165) is 5.56 Å². The fourth-order valence-electron chi connectivity index (χ4n) is 1.66. The number of aliphatic carboxylic acids is 1. The number of carboxylic acids is 1. The maximum atomic E-state index is 10.9. The number of carbonyl (C=O) groups is 1. The molecule has 0 aliphatic heterocycles. The number of hydrogen-bond acceptors (Lipinski definition) is 6. The van der Waals surface area contributed by atoms with Crippen molar-refractivity contribution in [1.29, 1.82) is 0 Å². The van der Waals surface area contributed by atoms with Gasteiger partial charge in [-0.25, -0.2) is 4.79 Å². The molecule has 20 heavy (non-hydrogen) atoms. The van der Waals surface area contributed by atoms with Gasteiger partial charge in [0.15, 0.2) is 5.71 Å². The molecule has 0 fully saturated rings. The quantitative estimate of drug-likeness (QED) is 0.390. The Kier molecular flexibility index (Phi) is 4.06. The number of aliphatic hydroxyl groups excluding tert-OH is 1. The highest BCUT2D eigenvalue weighted by atomic mass is 16.4. The third-order valence-electron chi connectivity index (χ3n) is 2.60. The van der Waals surface area contributed by atoms with Crippen molar-refractivity contribution in [1.82, 2.24) is 14.8 Å². The number of carboxylic acid groups (broad SMARTS) is 1. The molecule has 0 aliphatic carbocycles. The number of nitrogens with zero attached hydrogens (tertiary/aromatic N) is 4. The van der Waals surface area contributed by atoms with Crippen molar-refractivity contribution in [2.75, 3.05) is 6.61 Å². The van der Waals surface area contributed by atoms with E-state index in [1.165, 1.54) is 12.3 Å². The van der Waals surface area contributed by atoms with Gasteiger partial charge >= 0.3 is 5.97 Å². The number of hydrogen-bond donors (Lipinski definition) is 3. The zero-order chi connectivity index (χ0) is 14.5. The monoisotopic (exact) mass is 275 g/mol. The van der Waals surface area contributed by atoms with Crippen LogP contribution >= 0.6 is 0 Å². The van der Waals surface area contributed by atoms with Crippen molar-refractivity contribution in [3.05, 3.63) is 36.3 Å². The molecule has 2 rings (SSSR count). The summed E-state index contributed by atoms with van der Waals surface area (Å²) in [6.45, 7) is 0.418. The Morgan fingerprint density at radius 3 is 2.75 bits per heavy atom. The van der Waals surface area contributed by atoms with E-state index >= 15 is 0 Å². The van der Waals surface area contributed by atoms with Gasteiger partial charge in [0, 0.05) is 18.0 Å². The van der Waals surface area contributed by atoms with Crippen LogP contribution in [0.25, 0.3) is 11.3 Å². The Morgan fingerprint density at radius 1 is 1.40 bits per heavy atom. The lowest BCUT2D eigenvalue weighted by atomic mass is 10.1. The first-order valence-electron chi connectivity index (χ1n) is 5.78. The highest BCUT2D eigenvalue weighted by Crippen LogP contribution is 2.16. The zero-order valence-electron chi connectivity index (χ0n) is 10.5. The lowest BCUT2D eigenvalue weighted by Gasteiger charge is -2.01. The molecular formula is C12H13N5O3. The van der Waals surface area contributed by atoms with Crippen LogP contribution < -0.4 is 5.84 Å². The molecule has 0 radical (unpaired) electrons. The Balaban J connectivity index is 2.25. The van der Waals surface area contributed by atoms with E-state index < -0.39 is 5.97 Å². The summed E-state index contributed by atoms with van der Waals surface area (Å²) in [6.07, 6.45) is 3.23. The van der Waals surface area contributed by atoms with E-state index in [0.29, 0.717) is 12.2 Å². The van der Waals surface area contributed by atoms with Crippen LogP contribution in [-0.4, -0.2) is 43.3 Å². The molecule has 4 N–H and O–H groups in total. The van der Waals surface area contributed by atoms with Crippen molar-refractivity contribution in [3.8, 4) is 11.3 Å². The molecule has 2 heterocycles. The largest absolute Gasteiger partial charge is 0.476 e. The number of rotatable bonds is 5. The van der Waals surface area contributed by atoms with Crippen molar-refractivity contribution >= 4 is 11.7 Å². The number of pyridine rings is 1. The topological polar surface area (TPSA) is 127 Å². The Morgan fingerprint density at radius 2 is 2.20 bits per heavy atom. The van der Waals surface area contributed by atoms with Gasteiger partial charge in [-0.05, 0) is 18.2 Å². The average molecular weight is 275 g/mol. The van der Waals surface area contributed by atoms with Gasteiger partial charge in [0.25, 0.3) is 0 Å². The number of aliphatic hydroxyl groups is 1. The maximum absolute atomic E-state index is 10.9. The van der Waals surface area contributed by atoms with Crippen LogP contribution in [0.1, 0.15) is 5.69 Å². The standard InChI is InChI=1S/C12H13N5O3/c13-15-11(12(19)20)10-2-1-8(7-14-10)9-3-4-17(16-9)5-6-18/h1-4,7,18H,5-6,13H2,(H,19,20)/b15-11+. The molecule has 0 amide bonds. The molecule has 104 valence electrons. The predicted molar refractivity (Wildman–Crippen MR) is 70.9 cm³/mol. The second kappa shape index (κ2) is 5.93. The molecule has 8 heteroatoms. The summed E-state index contributed by atoms with van der Waals surface area (Å²) in [4.78, 5) is 14.9. The van der Waals surface area contributed by atoms with E-state index in [9.17, 15) is 4.79 Å². The molecule has 0 aromatic carbocycles. The zero-order valence-corrected chi connectivity index (χ0v) is 10.5. The van der Waals surface area contributed by atoms with Gasteiger partial charge in [0.2, 0.25) is 0 Å². The third kappa shape index (κ3) is 2.81. The van der Waals surface area contributed by atoms with Gasteiger partial charge in [0.05, 0.1) is 24.5 Å². The SMILES string of the molecule is N/N=C(/C(=O)O)c1ccc(-c2ccn(CCO)n2)cn1. The highest BCUT2D eigenvalue weighted by Gasteiger charge is 2.14. The van der Waals surface area contributed by atoms with E-state index in [4.69, 9.17) is 16.1 Å². The minimum atomic E-state index is -1.24. The second-order valence-electron chi connectivity index (χ2n) is 3.90. The Labute approximate surface area is 114 Å². The summed E-state index contributed by atoms with van der Waals surface area (Å²) < 4.78 is 1.60. The smallest absolute Gasteiger partial charge is 0.358 e. The third-order valence-corrected chi connectivity index (χ3v) is 2.60. The van der Waals surface area contributed by atoms with Crippen LogP contribution in [0.5, 0.6) is 0 Å². The van der Waals surface area contributed by atoms with Crippen molar-refractivity contribution in [2.45, 2.75) is 6.54 Å². The first-order valence-corrected chi connectivity index (χ1v) is 5.78. The number of aromatic nitrogens is 3. The first-order chi connectivity index (χ1) is 9.65. The minimum absolute atomic E-state index is 0.00719. The van der Waals surface area contributed by atoms with Gasteiger partial charge in [-0.3, -0.25) is 9.67 Å². The predicted octanol–water partition coefficient (Wildman–Crippen LogP) is -0.315. The van der Waals surface area contributed by atoms with E-state index in [2.05, 4.69) is 15.2 Å². The Bertz CT molecular complexity index is 633.